The summed E-state index contributed by atoms with van der Waals surface area (Å²) >= 11 is 0. The minimum atomic E-state index is 0.210. The maximum absolute atomic E-state index is 6.29. The van der Waals surface area contributed by atoms with Crippen molar-refractivity contribution in [3.8, 4) is 0 Å². The van der Waals surface area contributed by atoms with Gasteiger partial charge in [0.05, 0.1) is 0 Å². The van der Waals surface area contributed by atoms with E-state index in [4.69, 9.17) is 5.73 Å². The topological polar surface area (TPSA) is 29.3 Å². The van der Waals surface area contributed by atoms with E-state index < -0.39 is 0 Å². The van der Waals surface area contributed by atoms with Gasteiger partial charge in [-0.3, -0.25) is 4.90 Å². The predicted octanol–water partition coefficient (Wildman–Crippen LogP) is 4.18. The van der Waals surface area contributed by atoms with Crippen LogP contribution in [0.15, 0.2) is 0 Å². The Bertz CT molecular complexity index is 265. The summed E-state index contributed by atoms with van der Waals surface area (Å²) in [5, 5.41) is 0. The van der Waals surface area contributed by atoms with Gasteiger partial charge in [0, 0.05) is 23.2 Å². The first-order chi connectivity index (χ1) is 8.65. The second kappa shape index (κ2) is 6.13. The van der Waals surface area contributed by atoms with E-state index in [2.05, 4.69) is 53.4 Å². The molecule has 1 aliphatic heterocycles. The molecular weight excluding hydrogens is 232 g/mol. The molecule has 0 aromatic heterocycles. The molecule has 2 unspecified atom stereocenters. The number of hydrogen-bond acceptors (Lipinski definition) is 2. The highest BCUT2D eigenvalue weighted by Gasteiger charge is 2.47. The minimum Gasteiger partial charge on any atom is -0.328 e. The van der Waals surface area contributed by atoms with Crippen molar-refractivity contribution < 1.29 is 0 Å². The minimum absolute atomic E-state index is 0.210. The highest BCUT2D eigenvalue weighted by atomic mass is 15.3. The Labute approximate surface area is 121 Å². The number of hydrogen-bond donors (Lipinski definition) is 1. The molecule has 0 bridgehead atoms. The molecule has 0 aliphatic carbocycles. The molecule has 2 nitrogen and oxygen atoms in total. The molecule has 0 radical (unpaired) electrons. The summed E-state index contributed by atoms with van der Waals surface area (Å²) < 4.78 is 0. The number of piperidine rings is 1. The summed E-state index contributed by atoms with van der Waals surface area (Å²) in [6.07, 6.45) is 6.14. The lowest BCUT2D eigenvalue weighted by Crippen LogP contribution is -2.66. The van der Waals surface area contributed by atoms with E-state index in [9.17, 15) is 0 Å². The normalized spacial score (nSPS) is 27.2. The molecule has 19 heavy (non-hydrogen) atoms. The van der Waals surface area contributed by atoms with Gasteiger partial charge < -0.3 is 5.73 Å². The molecule has 1 fully saturated rings. The lowest BCUT2D eigenvalue weighted by Gasteiger charge is -2.58. The molecule has 1 saturated heterocycles. The first-order valence-electron chi connectivity index (χ1n) is 8.20. The number of likely N-dealkylation sites (tertiary alicyclic amines) is 1. The summed E-state index contributed by atoms with van der Waals surface area (Å²) in [6, 6.07) is 0.988. The molecule has 2 atom stereocenters. The summed E-state index contributed by atoms with van der Waals surface area (Å²) in [5.74, 6) is 0.804. The second-order valence-electron chi connectivity index (χ2n) is 7.86. The Kier molecular flexibility index (Phi) is 5.48. The third kappa shape index (κ3) is 3.72. The Morgan fingerprint density at radius 2 is 1.58 bits per heavy atom. The zero-order valence-electron chi connectivity index (χ0n) is 14.3. The van der Waals surface area contributed by atoms with Crippen LogP contribution in [0.25, 0.3) is 0 Å². The van der Waals surface area contributed by atoms with E-state index in [1.807, 2.05) is 0 Å². The van der Waals surface area contributed by atoms with E-state index in [0.717, 1.165) is 18.8 Å². The number of nitrogens with two attached hydrogens (primary N) is 1. The van der Waals surface area contributed by atoms with E-state index in [1.165, 1.54) is 19.3 Å². The van der Waals surface area contributed by atoms with Crippen LogP contribution in [0, 0.1) is 5.92 Å². The third-order valence-electron chi connectivity index (χ3n) is 5.10. The standard InChI is InChI=1S/C17H36N2/c1-8-10-14(9-2)13(3)19-16(4,5)11-15(18)12-17(19,6)7/h13-15H,8-12,18H2,1-7H3. The van der Waals surface area contributed by atoms with Crippen LogP contribution >= 0.6 is 0 Å². The molecule has 1 rings (SSSR count). The molecule has 2 heteroatoms. The van der Waals surface area contributed by atoms with Crippen LogP contribution in [0.2, 0.25) is 0 Å². The maximum atomic E-state index is 6.29. The van der Waals surface area contributed by atoms with E-state index in [-0.39, 0.29) is 11.1 Å². The van der Waals surface area contributed by atoms with E-state index in [0.29, 0.717) is 12.1 Å². The smallest absolute Gasteiger partial charge is 0.0176 e. The lowest BCUT2D eigenvalue weighted by atomic mass is 9.74. The molecule has 0 aromatic carbocycles. The van der Waals surface area contributed by atoms with Crippen LogP contribution in [-0.2, 0) is 0 Å². The van der Waals surface area contributed by atoms with Crippen molar-refractivity contribution in [2.75, 3.05) is 0 Å². The largest absolute Gasteiger partial charge is 0.328 e. The van der Waals surface area contributed by atoms with Crippen LogP contribution in [-0.4, -0.2) is 28.1 Å². The van der Waals surface area contributed by atoms with Crippen LogP contribution in [0.4, 0.5) is 0 Å². The second-order valence-corrected chi connectivity index (χ2v) is 7.86. The van der Waals surface area contributed by atoms with Gasteiger partial charge in [-0.25, -0.2) is 0 Å². The van der Waals surface area contributed by atoms with Gasteiger partial charge in [0.1, 0.15) is 0 Å². The van der Waals surface area contributed by atoms with Crippen molar-refractivity contribution >= 4 is 0 Å². The van der Waals surface area contributed by atoms with Gasteiger partial charge in [0.15, 0.2) is 0 Å². The van der Waals surface area contributed by atoms with Gasteiger partial charge >= 0.3 is 0 Å². The maximum Gasteiger partial charge on any atom is 0.0176 e. The zero-order valence-corrected chi connectivity index (χ0v) is 14.3. The van der Waals surface area contributed by atoms with Crippen molar-refractivity contribution in [1.82, 2.24) is 4.90 Å². The van der Waals surface area contributed by atoms with Crippen molar-refractivity contribution in [1.29, 1.82) is 0 Å². The average Bonchev–Trinajstić information content (AvgIpc) is 2.21. The van der Waals surface area contributed by atoms with Crippen molar-refractivity contribution in [2.24, 2.45) is 11.7 Å². The van der Waals surface area contributed by atoms with Crippen LogP contribution in [0.5, 0.6) is 0 Å². The van der Waals surface area contributed by atoms with Crippen molar-refractivity contribution in [2.45, 2.75) is 104 Å². The average molecular weight is 268 g/mol. The summed E-state index contributed by atoms with van der Waals surface area (Å²) in [4.78, 5) is 2.77. The van der Waals surface area contributed by atoms with Crippen LogP contribution in [0.1, 0.15) is 80.6 Å². The Morgan fingerprint density at radius 1 is 1.11 bits per heavy atom. The third-order valence-corrected chi connectivity index (χ3v) is 5.10. The van der Waals surface area contributed by atoms with Gasteiger partial charge in [0.25, 0.3) is 0 Å². The van der Waals surface area contributed by atoms with Gasteiger partial charge in [-0.05, 0) is 59.8 Å². The monoisotopic (exact) mass is 268 g/mol. The van der Waals surface area contributed by atoms with Gasteiger partial charge in [0.2, 0.25) is 0 Å². The summed E-state index contributed by atoms with van der Waals surface area (Å²) in [5.41, 5.74) is 6.71. The van der Waals surface area contributed by atoms with Gasteiger partial charge in [-0.15, -0.1) is 0 Å². The fourth-order valence-corrected chi connectivity index (χ4v) is 4.84. The van der Waals surface area contributed by atoms with Gasteiger partial charge in [-0.1, -0.05) is 26.7 Å². The van der Waals surface area contributed by atoms with E-state index >= 15 is 0 Å². The van der Waals surface area contributed by atoms with Crippen molar-refractivity contribution in [3.05, 3.63) is 0 Å². The van der Waals surface area contributed by atoms with Crippen molar-refractivity contribution in [3.63, 3.8) is 0 Å². The Morgan fingerprint density at radius 3 is 1.95 bits per heavy atom. The van der Waals surface area contributed by atoms with Crippen LogP contribution in [0.3, 0.4) is 0 Å². The highest BCUT2D eigenvalue weighted by molar-refractivity contribution is 5.04. The zero-order chi connectivity index (χ0) is 14.8. The summed E-state index contributed by atoms with van der Waals surface area (Å²) in [7, 11) is 0. The molecule has 1 heterocycles. The molecular formula is C17H36N2. The van der Waals surface area contributed by atoms with E-state index in [1.54, 1.807) is 0 Å². The molecule has 0 saturated carbocycles. The predicted molar refractivity (Wildman–Crippen MR) is 85.4 cm³/mol. The first kappa shape index (κ1) is 17.0. The molecule has 114 valence electrons. The molecule has 1 aliphatic rings. The number of rotatable bonds is 5. The fraction of sp³-hybridized carbons (Fsp3) is 1.00. The highest BCUT2D eigenvalue weighted by Crippen LogP contribution is 2.41. The fourth-order valence-electron chi connectivity index (χ4n) is 4.84. The molecule has 0 spiro atoms. The first-order valence-corrected chi connectivity index (χ1v) is 8.20. The quantitative estimate of drug-likeness (QED) is 0.810. The Balaban J connectivity index is 2.99. The Hall–Kier alpha value is -0.0800. The molecule has 0 aromatic rings. The van der Waals surface area contributed by atoms with Crippen LogP contribution < -0.4 is 5.73 Å². The lowest BCUT2D eigenvalue weighted by molar-refractivity contribution is -0.0798. The molecule has 0 amide bonds. The SMILES string of the molecule is CCCC(CC)C(C)N1C(C)(C)CC(N)CC1(C)C. The number of nitrogens with zero attached hydrogens (tertiary/aromatic N) is 1. The van der Waals surface area contributed by atoms with Gasteiger partial charge in [-0.2, -0.15) is 0 Å². The summed E-state index contributed by atoms with van der Waals surface area (Å²) in [6.45, 7) is 16.6. The molecule has 2 N–H and O–H groups in total.